The monoisotopic (exact) mass is 420 g/mol. The average Bonchev–Trinajstić information content (AvgIpc) is 3.27. The predicted molar refractivity (Wildman–Crippen MR) is 105 cm³/mol. The first kappa shape index (κ1) is 19.1. The van der Waals surface area contributed by atoms with E-state index in [1.165, 1.54) is 39.9 Å². The first-order chi connectivity index (χ1) is 13.5. The molecular weight excluding hydrogens is 402 g/mol. The van der Waals surface area contributed by atoms with Crippen LogP contribution in [0.25, 0.3) is 5.69 Å². The lowest BCUT2D eigenvalue weighted by atomic mass is 9.93. The maximum absolute atomic E-state index is 14.2. The van der Waals surface area contributed by atoms with Crippen LogP contribution in [0.3, 0.4) is 0 Å². The Kier molecular flexibility index (Phi) is 5.45. The number of nitrogens with one attached hydrogen (secondary N) is 1. The zero-order valence-corrected chi connectivity index (χ0v) is 16.7. The molecule has 1 N–H and O–H groups in total. The van der Waals surface area contributed by atoms with E-state index in [2.05, 4.69) is 15.4 Å². The van der Waals surface area contributed by atoms with Gasteiger partial charge in [0.2, 0.25) is 5.91 Å². The molecule has 3 aromatic rings. The normalized spacial score (nSPS) is 16.0. The Bertz CT molecular complexity index is 1020. The summed E-state index contributed by atoms with van der Waals surface area (Å²) >= 11 is 2.94. The fourth-order valence-electron chi connectivity index (χ4n) is 3.33. The summed E-state index contributed by atoms with van der Waals surface area (Å²) in [6.07, 6.45) is 4.05. The molecule has 0 bridgehead atoms. The van der Waals surface area contributed by atoms with Crippen molar-refractivity contribution in [1.82, 2.24) is 20.1 Å². The molecular formula is C19H18F2N4OS2. The zero-order chi connectivity index (χ0) is 19.7. The number of aryl methyl sites for hydroxylation is 1. The number of rotatable bonds is 5. The van der Waals surface area contributed by atoms with Gasteiger partial charge in [-0.15, -0.1) is 11.3 Å². The molecule has 0 fully saturated rings. The summed E-state index contributed by atoms with van der Waals surface area (Å²) in [5.41, 5.74) is 2.90. The summed E-state index contributed by atoms with van der Waals surface area (Å²) in [6.45, 7) is 1.92. The highest BCUT2D eigenvalue weighted by molar-refractivity contribution is 8.01. The van der Waals surface area contributed by atoms with E-state index in [0.29, 0.717) is 5.75 Å². The Morgan fingerprint density at radius 3 is 3.04 bits per heavy atom. The third-order valence-electron chi connectivity index (χ3n) is 4.58. The molecule has 1 atom stereocenters. The number of carbonyl (C=O) groups is 1. The van der Waals surface area contributed by atoms with Gasteiger partial charge in [-0.1, -0.05) is 11.8 Å². The molecule has 0 radical (unpaired) electrons. The molecule has 2 heterocycles. The van der Waals surface area contributed by atoms with E-state index in [-0.39, 0.29) is 17.6 Å². The fourth-order valence-corrected chi connectivity index (χ4v) is 4.99. The van der Waals surface area contributed by atoms with Crippen molar-refractivity contribution in [2.75, 3.05) is 5.75 Å². The summed E-state index contributed by atoms with van der Waals surface area (Å²) in [5, 5.41) is 9.31. The molecule has 1 amide bonds. The Morgan fingerprint density at radius 2 is 2.29 bits per heavy atom. The first-order valence-electron chi connectivity index (χ1n) is 8.88. The number of carbonyl (C=O) groups excluding carboxylic acids is 1. The highest BCUT2D eigenvalue weighted by Crippen LogP contribution is 2.32. The Hall–Kier alpha value is -2.26. The Balaban J connectivity index is 1.48. The number of fused-ring (bicyclic) bond motifs is 1. The number of hydrogen-bond acceptors (Lipinski definition) is 5. The van der Waals surface area contributed by atoms with Gasteiger partial charge in [-0.05, 0) is 38.3 Å². The zero-order valence-electron chi connectivity index (χ0n) is 15.1. The van der Waals surface area contributed by atoms with Crippen molar-refractivity contribution in [3.63, 3.8) is 0 Å². The largest absolute Gasteiger partial charge is 0.348 e. The minimum Gasteiger partial charge on any atom is -0.348 e. The number of amides is 1. The van der Waals surface area contributed by atoms with Gasteiger partial charge in [0.05, 0.1) is 18.0 Å². The second-order valence-electron chi connectivity index (χ2n) is 6.61. The van der Waals surface area contributed by atoms with Crippen molar-refractivity contribution < 1.29 is 13.6 Å². The second kappa shape index (κ2) is 8.00. The minimum atomic E-state index is -0.660. The number of thiazole rings is 1. The minimum absolute atomic E-state index is 0.0728. The number of thioether (sulfide) groups is 1. The van der Waals surface area contributed by atoms with Gasteiger partial charge in [-0.2, -0.15) is 5.10 Å². The van der Waals surface area contributed by atoms with Gasteiger partial charge >= 0.3 is 0 Å². The van der Waals surface area contributed by atoms with Crippen LogP contribution in [0, 0.1) is 18.6 Å². The molecule has 0 saturated carbocycles. The van der Waals surface area contributed by atoms with Gasteiger partial charge in [0.15, 0.2) is 10.2 Å². The number of hydrogen-bond donors (Lipinski definition) is 1. The van der Waals surface area contributed by atoms with E-state index in [4.69, 9.17) is 0 Å². The summed E-state index contributed by atoms with van der Waals surface area (Å²) in [5.74, 6) is -1.07. The highest BCUT2D eigenvalue weighted by atomic mass is 32.2. The van der Waals surface area contributed by atoms with Gasteiger partial charge in [0, 0.05) is 28.4 Å². The molecule has 2 aromatic heterocycles. The lowest BCUT2D eigenvalue weighted by Gasteiger charge is -2.24. The Labute approximate surface area is 169 Å². The van der Waals surface area contributed by atoms with Crippen LogP contribution in [0.5, 0.6) is 0 Å². The lowest BCUT2D eigenvalue weighted by molar-refractivity contribution is -0.119. The predicted octanol–water partition coefficient (Wildman–Crippen LogP) is 4.20. The van der Waals surface area contributed by atoms with Crippen LogP contribution < -0.4 is 5.32 Å². The molecule has 1 aliphatic carbocycles. The van der Waals surface area contributed by atoms with Crippen molar-refractivity contribution in [3.05, 3.63) is 58.4 Å². The average molecular weight is 421 g/mol. The first-order valence-corrected chi connectivity index (χ1v) is 10.7. The standard InChI is InChI=1S/C19H18F2N4OS2/c1-11-9-27-19(23-11)28-10-18(26)24-15-3-2-4-16-13(15)8-22-25(16)17-6-5-12(20)7-14(17)21/h5-9,15H,2-4,10H2,1H3,(H,24,26)/t15-/m0/s1. The molecule has 28 heavy (non-hydrogen) atoms. The smallest absolute Gasteiger partial charge is 0.230 e. The summed E-state index contributed by atoms with van der Waals surface area (Å²) in [4.78, 5) is 16.7. The summed E-state index contributed by atoms with van der Waals surface area (Å²) < 4.78 is 29.8. The molecule has 5 nitrogen and oxygen atoms in total. The van der Waals surface area contributed by atoms with E-state index in [9.17, 15) is 13.6 Å². The SMILES string of the molecule is Cc1csc(SCC(=O)N[C@H]2CCCc3c2cnn3-c2ccc(F)cc2F)n1. The van der Waals surface area contributed by atoms with Crippen molar-refractivity contribution in [1.29, 1.82) is 0 Å². The van der Waals surface area contributed by atoms with Crippen LogP contribution in [0.15, 0.2) is 34.1 Å². The van der Waals surface area contributed by atoms with Crippen LogP contribution in [0.2, 0.25) is 0 Å². The number of nitrogens with zero attached hydrogens (tertiary/aromatic N) is 3. The van der Waals surface area contributed by atoms with E-state index >= 15 is 0 Å². The van der Waals surface area contributed by atoms with Crippen LogP contribution in [-0.2, 0) is 11.2 Å². The quantitative estimate of drug-likeness (QED) is 0.629. The molecule has 1 aromatic carbocycles. The van der Waals surface area contributed by atoms with Crippen LogP contribution >= 0.6 is 23.1 Å². The van der Waals surface area contributed by atoms with Crippen molar-refractivity contribution in [2.45, 2.75) is 36.6 Å². The third kappa shape index (κ3) is 3.95. The maximum atomic E-state index is 14.2. The molecule has 4 rings (SSSR count). The molecule has 1 aliphatic rings. The van der Waals surface area contributed by atoms with Gasteiger partial charge in [0.25, 0.3) is 0 Å². The molecule has 0 aliphatic heterocycles. The molecule has 146 valence electrons. The maximum Gasteiger partial charge on any atom is 0.230 e. The Morgan fingerprint density at radius 1 is 1.43 bits per heavy atom. The van der Waals surface area contributed by atoms with Crippen LogP contribution in [0.1, 0.15) is 35.8 Å². The summed E-state index contributed by atoms with van der Waals surface area (Å²) in [7, 11) is 0. The van der Waals surface area contributed by atoms with E-state index in [0.717, 1.165) is 46.6 Å². The number of halogens is 2. The number of benzene rings is 1. The van der Waals surface area contributed by atoms with Gasteiger partial charge in [-0.25, -0.2) is 18.4 Å². The summed E-state index contributed by atoms with van der Waals surface area (Å²) in [6, 6.07) is 3.29. The van der Waals surface area contributed by atoms with E-state index in [1.54, 1.807) is 6.20 Å². The van der Waals surface area contributed by atoms with E-state index < -0.39 is 11.6 Å². The third-order valence-corrected chi connectivity index (χ3v) is 6.72. The van der Waals surface area contributed by atoms with Crippen LogP contribution in [0.4, 0.5) is 8.78 Å². The second-order valence-corrected chi connectivity index (χ2v) is 8.69. The van der Waals surface area contributed by atoms with Gasteiger partial charge < -0.3 is 5.32 Å². The van der Waals surface area contributed by atoms with Gasteiger partial charge in [-0.3, -0.25) is 4.79 Å². The fraction of sp³-hybridized carbons (Fsp3) is 0.316. The van der Waals surface area contributed by atoms with Crippen molar-refractivity contribution >= 4 is 29.0 Å². The molecule has 0 spiro atoms. The topological polar surface area (TPSA) is 59.8 Å². The molecule has 9 heteroatoms. The highest BCUT2D eigenvalue weighted by Gasteiger charge is 2.27. The number of aromatic nitrogens is 3. The molecule has 0 unspecified atom stereocenters. The van der Waals surface area contributed by atoms with E-state index in [1.807, 2.05) is 12.3 Å². The molecule has 0 saturated heterocycles. The van der Waals surface area contributed by atoms with Crippen molar-refractivity contribution in [2.24, 2.45) is 0 Å². The van der Waals surface area contributed by atoms with Crippen molar-refractivity contribution in [3.8, 4) is 5.69 Å². The lowest BCUT2D eigenvalue weighted by Crippen LogP contribution is -2.32. The van der Waals surface area contributed by atoms with Gasteiger partial charge in [0.1, 0.15) is 11.5 Å². The van der Waals surface area contributed by atoms with Crippen LogP contribution in [-0.4, -0.2) is 26.4 Å².